The molecule has 0 spiro atoms. The van der Waals surface area contributed by atoms with E-state index in [-0.39, 0.29) is 42.2 Å². The van der Waals surface area contributed by atoms with E-state index in [1.165, 1.54) is 0 Å². The van der Waals surface area contributed by atoms with E-state index < -0.39 is 0 Å². The Kier molecular flexibility index (Phi) is 7.68. The molecule has 2 saturated heterocycles. The highest BCUT2D eigenvalue weighted by atomic mass is 35.5. The lowest BCUT2D eigenvalue weighted by molar-refractivity contribution is -0.141. The van der Waals surface area contributed by atoms with Gasteiger partial charge in [-0.15, -0.1) is 12.4 Å². The second-order valence-electron chi connectivity index (χ2n) is 7.91. The maximum Gasteiger partial charge on any atom is 0.253 e. The Labute approximate surface area is 168 Å². The number of nitrogens with zero attached hydrogens (tertiary/aromatic N) is 2. The summed E-state index contributed by atoms with van der Waals surface area (Å²) >= 11 is 0. The van der Waals surface area contributed by atoms with Gasteiger partial charge >= 0.3 is 0 Å². The molecule has 1 aromatic rings. The molecule has 0 aliphatic carbocycles. The molecule has 3 unspecified atom stereocenters. The van der Waals surface area contributed by atoms with Crippen LogP contribution in [-0.4, -0.2) is 53.3 Å². The van der Waals surface area contributed by atoms with Crippen LogP contribution in [0.1, 0.15) is 54.9 Å². The number of carbonyl (C=O) groups excluding carboxylic acids is 2. The molecule has 3 atom stereocenters. The van der Waals surface area contributed by atoms with Crippen molar-refractivity contribution >= 4 is 24.2 Å². The first-order valence-electron chi connectivity index (χ1n) is 9.89. The average molecular weight is 394 g/mol. The minimum absolute atomic E-state index is 0. The molecule has 2 amide bonds. The number of hydrogen-bond acceptors (Lipinski definition) is 3. The molecule has 2 heterocycles. The predicted molar refractivity (Wildman–Crippen MR) is 110 cm³/mol. The lowest BCUT2D eigenvalue weighted by Crippen LogP contribution is -2.55. The molecule has 6 heteroatoms. The molecular weight excluding hydrogens is 362 g/mol. The molecule has 0 aromatic heterocycles. The number of benzene rings is 1. The first-order valence-corrected chi connectivity index (χ1v) is 9.89. The molecule has 2 aliphatic rings. The summed E-state index contributed by atoms with van der Waals surface area (Å²) in [6.45, 7) is 6.05. The van der Waals surface area contributed by atoms with Gasteiger partial charge in [-0.05, 0) is 58.1 Å². The Balaban J connectivity index is 0.00000261. The van der Waals surface area contributed by atoms with Crippen molar-refractivity contribution in [3.8, 4) is 0 Å². The van der Waals surface area contributed by atoms with Crippen molar-refractivity contribution in [3.63, 3.8) is 0 Å². The van der Waals surface area contributed by atoms with Gasteiger partial charge in [-0.3, -0.25) is 9.59 Å². The number of carbonyl (C=O) groups is 2. The number of aryl methyl sites for hydroxylation is 1. The third-order valence-corrected chi connectivity index (χ3v) is 5.80. The van der Waals surface area contributed by atoms with Crippen molar-refractivity contribution in [3.05, 3.63) is 35.4 Å². The number of amides is 2. The van der Waals surface area contributed by atoms with Crippen molar-refractivity contribution in [2.45, 2.75) is 58.0 Å². The molecular formula is C21H32ClN3O2. The van der Waals surface area contributed by atoms with Crippen LogP contribution in [-0.2, 0) is 4.79 Å². The van der Waals surface area contributed by atoms with Crippen molar-refractivity contribution < 1.29 is 9.59 Å². The van der Waals surface area contributed by atoms with Gasteiger partial charge < -0.3 is 15.5 Å². The second-order valence-corrected chi connectivity index (χ2v) is 7.91. The first kappa shape index (κ1) is 21.7. The fourth-order valence-electron chi connectivity index (χ4n) is 4.25. The number of halogens is 1. The summed E-state index contributed by atoms with van der Waals surface area (Å²) < 4.78 is 0. The average Bonchev–Trinajstić information content (AvgIpc) is 2.67. The quantitative estimate of drug-likeness (QED) is 0.858. The largest absolute Gasteiger partial charge is 0.338 e. The SMILES string of the molecule is Cc1ccc(C(=O)N2CCCC(C(=O)N3CCCCC3C(C)N)C2)cc1.Cl. The van der Waals surface area contributed by atoms with Crippen LogP contribution in [0.5, 0.6) is 0 Å². The Morgan fingerprint density at radius 1 is 1.07 bits per heavy atom. The maximum absolute atomic E-state index is 13.1. The van der Waals surface area contributed by atoms with Crippen LogP contribution >= 0.6 is 12.4 Å². The lowest BCUT2D eigenvalue weighted by Gasteiger charge is -2.42. The van der Waals surface area contributed by atoms with Crippen LogP contribution in [0, 0.1) is 12.8 Å². The molecule has 5 nitrogen and oxygen atoms in total. The number of likely N-dealkylation sites (tertiary alicyclic amines) is 2. The van der Waals surface area contributed by atoms with Gasteiger partial charge in [0, 0.05) is 37.3 Å². The molecule has 2 fully saturated rings. The van der Waals surface area contributed by atoms with Crippen LogP contribution in [0.4, 0.5) is 0 Å². The van der Waals surface area contributed by atoms with Crippen LogP contribution in [0.25, 0.3) is 0 Å². The van der Waals surface area contributed by atoms with Gasteiger partial charge in [-0.1, -0.05) is 17.7 Å². The fraction of sp³-hybridized carbons (Fsp3) is 0.619. The topological polar surface area (TPSA) is 66.6 Å². The van der Waals surface area contributed by atoms with Crippen molar-refractivity contribution in [2.24, 2.45) is 11.7 Å². The van der Waals surface area contributed by atoms with E-state index >= 15 is 0 Å². The molecule has 0 bridgehead atoms. The summed E-state index contributed by atoms with van der Waals surface area (Å²) in [5, 5.41) is 0. The zero-order valence-corrected chi connectivity index (χ0v) is 17.2. The first-order chi connectivity index (χ1) is 12.5. The zero-order chi connectivity index (χ0) is 18.7. The normalized spacial score (nSPS) is 24.1. The van der Waals surface area contributed by atoms with E-state index in [4.69, 9.17) is 5.73 Å². The van der Waals surface area contributed by atoms with E-state index in [2.05, 4.69) is 0 Å². The van der Waals surface area contributed by atoms with Crippen LogP contribution in [0.3, 0.4) is 0 Å². The maximum atomic E-state index is 13.1. The summed E-state index contributed by atoms with van der Waals surface area (Å²) in [7, 11) is 0. The molecule has 27 heavy (non-hydrogen) atoms. The lowest BCUT2D eigenvalue weighted by atomic mass is 9.91. The highest BCUT2D eigenvalue weighted by Gasteiger charge is 2.36. The van der Waals surface area contributed by atoms with Gasteiger partial charge in [-0.25, -0.2) is 0 Å². The summed E-state index contributed by atoms with van der Waals surface area (Å²) in [6.07, 6.45) is 4.91. The number of nitrogens with two attached hydrogens (primary N) is 1. The van der Waals surface area contributed by atoms with E-state index in [0.29, 0.717) is 12.1 Å². The van der Waals surface area contributed by atoms with Crippen molar-refractivity contribution in [1.29, 1.82) is 0 Å². The van der Waals surface area contributed by atoms with Crippen LogP contribution in [0.2, 0.25) is 0 Å². The molecule has 3 rings (SSSR count). The van der Waals surface area contributed by atoms with E-state index in [9.17, 15) is 9.59 Å². The standard InChI is InChI=1S/C21H31N3O2.ClH/c1-15-8-10-17(11-9-15)20(25)23-12-5-6-18(14-23)21(26)24-13-4-3-7-19(24)16(2)22;/h8-11,16,18-19H,3-7,12-14,22H2,1-2H3;1H. The van der Waals surface area contributed by atoms with Gasteiger partial charge in [0.1, 0.15) is 0 Å². The highest BCUT2D eigenvalue weighted by molar-refractivity contribution is 5.94. The van der Waals surface area contributed by atoms with E-state index in [1.807, 2.05) is 47.9 Å². The summed E-state index contributed by atoms with van der Waals surface area (Å²) in [4.78, 5) is 29.8. The molecule has 0 radical (unpaired) electrons. The van der Waals surface area contributed by atoms with E-state index in [0.717, 1.165) is 50.8 Å². The van der Waals surface area contributed by atoms with Gasteiger partial charge in [0.2, 0.25) is 5.91 Å². The molecule has 2 N–H and O–H groups in total. The monoisotopic (exact) mass is 393 g/mol. The molecule has 150 valence electrons. The van der Waals surface area contributed by atoms with Gasteiger partial charge in [0.15, 0.2) is 0 Å². The molecule has 2 aliphatic heterocycles. The minimum atomic E-state index is -0.0995. The van der Waals surface area contributed by atoms with E-state index in [1.54, 1.807) is 0 Å². The highest BCUT2D eigenvalue weighted by Crippen LogP contribution is 2.26. The zero-order valence-electron chi connectivity index (χ0n) is 16.4. The summed E-state index contributed by atoms with van der Waals surface area (Å²) in [5.74, 6) is 0.121. The van der Waals surface area contributed by atoms with Gasteiger partial charge in [0.25, 0.3) is 5.91 Å². The fourth-order valence-corrected chi connectivity index (χ4v) is 4.25. The number of piperidine rings is 2. The Morgan fingerprint density at radius 3 is 2.44 bits per heavy atom. The molecule has 0 saturated carbocycles. The Bertz CT molecular complexity index is 647. The second kappa shape index (κ2) is 9.56. The van der Waals surface area contributed by atoms with Gasteiger partial charge in [-0.2, -0.15) is 0 Å². The minimum Gasteiger partial charge on any atom is -0.338 e. The predicted octanol–water partition coefficient (Wildman–Crippen LogP) is 3.00. The van der Waals surface area contributed by atoms with Gasteiger partial charge in [0.05, 0.1) is 5.92 Å². The smallest absolute Gasteiger partial charge is 0.253 e. The molecule has 1 aromatic carbocycles. The van der Waals surface area contributed by atoms with Crippen molar-refractivity contribution in [2.75, 3.05) is 19.6 Å². The Morgan fingerprint density at radius 2 is 1.78 bits per heavy atom. The summed E-state index contributed by atoms with van der Waals surface area (Å²) in [6, 6.07) is 7.80. The Hall–Kier alpha value is -1.59. The summed E-state index contributed by atoms with van der Waals surface area (Å²) in [5.41, 5.74) is 7.97. The number of hydrogen-bond donors (Lipinski definition) is 1. The van der Waals surface area contributed by atoms with Crippen LogP contribution in [0.15, 0.2) is 24.3 Å². The third-order valence-electron chi connectivity index (χ3n) is 5.80. The van der Waals surface area contributed by atoms with Crippen LogP contribution < -0.4 is 5.73 Å². The van der Waals surface area contributed by atoms with Crippen molar-refractivity contribution in [1.82, 2.24) is 9.80 Å². The number of rotatable bonds is 3. The third kappa shape index (κ3) is 5.02.